The number of ether oxygens (including phenoxy) is 2. The summed E-state index contributed by atoms with van der Waals surface area (Å²) in [5, 5.41) is 0. The van der Waals surface area contributed by atoms with Crippen LogP contribution in [-0.4, -0.2) is 5.78 Å². The number of carbonyl (C=O) groups excluding carboxylic acids is 1. The average molecular weight is 396 g/mol. The van der Waals surface area contributed by atoms with Crippen LogP contribution in [0.25, 0.3) is 0 Å². The predicted octanol–water partition coefficient (Wildman–Crippen LogP) is 5.67. The maximum Gasteiger partial charge on any atom is 0.196 e. The Kier molecular flexibility index (Phi) is 5.35. The van der Waals surface area contributed by atoms with Gasteiger partial charge >= 0.3 is 0 Å². The van der Waals surface area contributed by atoms with Gasteiger partial charge in [-0.25, -0.2) is 0 Å². The van der Waals surface area contributed by atoms with Gasteiger partial charge in [0.2, 0.25) is 0 Å². The molecule has 0 amide bonds. The van der Waals surface area contributed by atoms with Gasteiger partial charge in [0.1, 0.15) is 11.5 Å². The number of nitrogen functional groups attached to an aromatic ring is 2. The fraction of sp³-hybridized carbons (Fsp3) is 0. The van der Waals surface area contributed by atoms with Gasteiger partial charge in [-0.3, -0.25) is 4.79 Å². The number of hydrogen-bond acceptors (Lipinski definition) is 5. The number of nitrogens with two attached hydrogens (primary N) is 2. The Hall–Kier alpha value is -4.25. The lowest BCUT2D eigenvalue weighted by molar-refractivity contribution is 0.103. The largest absolute Gasteiger partial charge is 0.453 e. The van der Waals surface area contributed by atoms with Crippen LogP contribution in [0.15, 0.2) is 97.1 Å². The van der Waals surface area contributed by atoms with Crippen LogP contribution in [0, 0.1) is 0 Å². The third-order valence-electron chi connectivity index (χ3n) is 4.42. The first-order valence-electron chi connectivity index (χ1n) is 9.40. The highest BCUT2D eigenvalue weighted by Crippen LogP contribution is 2.39. The zero-order chi connectivity index (χ0) is 20.9. The van der Waals surface area contributed by atoms with E-state index in [4.69, 9.17) is 20.9 Å². The van der Waals surface area contributed by atoms with Crippen molar-refractivity contribution in [2.75, 3.05) is 11.5 Å². The minimum absolute atomic E-state index is 0.174. The Morgan fingerprint density at radius 1 is 0.633 bits per heavy atom. The third-order valence-corrected chi connectivity index (χ3v) is 4.42. The summed E-state index contributed by atoms with van der Waals surface area (Å²) in [4.78, 5) is 13.2. The van der Waals surface area contributed by atoms with Gasteiger partial charge in [0.25, 0.3) is 0 Å². The number of anilines is 2. The Morgan fingerprint density at radius 3 is 1.87 bits per heavy atom. The number of ketones is 1. The van der Waals surface area contributed by atoms with Gasteiger partial charge < -0.3 is 20.9 Å². The molecule has 0 unspecified atom stereocenters. The van der Waals surface area contributed by atoms with Crippen LogP contribution in [0.1, 0.15) is 15.9 Å². The quantitative estimate of drug-likeness (QED) is 0.324. The Labute approximate surface area is 174 Å². The van der Waals surface area contributed by atoms with Gasteiger partial charge in [-0.2, -0.15) is 0 Å². The first-order valence-corrected chi connectivity index (χ1v) is 9.40. The van der Waals surface area contributed by atoms with E-state index in [9.17, 15) is 4.79 Å². The van der Waals surface area contributed by atoms with Crippen molar-refractivity contribution in [2.45, 2.75) is 0 Å². The lowest BCUT2D eigenvalue weighted by atomic mass is 10.0. The summed E-state index contributed by atoms with van der Waals surface area (Å²) in [5.41, 5.74) is 13.8. The third kappa shape index (κ3) is 4.25. The van der Waals surface area contributed by atoms with Crippen molar-refractivity contribution in [1.29, 1.82) is 0 Å². The Morgan fingerprint density at radius 2 is 1.23 bits per heavy atom. The fourth-order valence-corrected chi connectivity index (χ4v) is 3.03. The van der Waals surface area contributed by atoms with E-state index < -0.39 is 0 Å². The molecule has 0 fully saturated rings. The van der Waals surface area contributed by atoms with Crippen LogP contribution in [0.5, 0.6) is 23.0 Å². The van der Waals surface area contributed by atoms with E-state index in [2.05, 4.69) is 0 Å². The van der Waals surface area contributed by atoms with E-state index in [1.807, 2.05) is 18.2 Å². The van der Waals surface area contributed by atoms with Gasteiger partial charge in [0, 0.05) is 29.1 Å². The molecule has 0 bridgehead atoms. The lowest BCUT2D eigenvalue weighted by Crippen LogP contribution is -2.05. The molecule has 0 aliphatic carbocycles. The topological polar surface area (TPSA) is 87.6 Å². The summed E-state index contributed by atoms with van der Waals surface area (Å²) < 4.78 is 12.1. The minimum Gasteiger partial charge on any atom is -0.453 e. The molecule has 0 aliphatic heterocycles. The van der Waals surface area contributed by atoms with E-state index in [-0.39, 0.29) is 5.78 Å². The molecule has 4 rings (SSSR count). The average Bonchev–Trinajstić information content (AvgIpc) is 2.75. The fourth-order valence-electron chi connectivity index (χ4n) is 3.03. The van der Waals surface area contributed by atoms with Gasteiger partial charge in [-0.1, -0.05) is 48.5 Å². The summed E-state index contributed by atoms with van der Waals surface area (Å²) in [6.07, 6.45) is 0. The molecule has 0 atom stereocenters. The molecule has 0 saturated carbocycles. The molecule has 0 spiro atoms. The van der Waals surface area contributed by atoms with Crippen LogP contribution in [0.3, 0.4) is 0 Å². The number of para-hydroxylation sites is 1. The molecule has 0 saturated heterocycles. The van der Waals surface area contributed by atoms with Crippen molar-refractivity contribution in [1.82, 2.24) is 0 Å². The van der Waals surface area contributed by atoms with Gasteiger partial charge in [-0.05, 0) is 36.4 Å². The van der Waals surface area contributed by atoms with Crippen LogP contribution in [-0.2, 0) is 0 Å². The van der Waals surface area contributed by atoms with Crippen LogP contribution in [0.2, 0.25) is 0 Å². The van der Waals surface area contributed by atoms with Crippen molar-refractivity contribution in [2.24, 2.45) is 0 Å². The molecule has 148 valence electrons. The van der Waals surface area contributed by atoms with Crippen molar-refractivity contribution >= 4 is 17.2 Å². The van der Waals surface area contributed by atoms with Crippen LogP contribution < -0.4 is 20.9 Å². The van der Waals surface area contributed by atoms with E-state index in [1.54, 1.807) is 78.9 Å². The second-order valence-electron chi connectivity index (χ2n) is 6.68. The smallest absolute Gasteiger partial charge is 0.196 e. The summed E-state index contributed by atoms with van der Waals surface area (Å²) in [6, 6.07) is 28.3. The standard InChI is InChI=1S/C25H20N2O3/c26-18-9-4-11-20(15-18)29-23-14-6-13-22(24(28)17-7-2-1-3-8-17)25(23)30-21-12-5-10-19(27)16-21/h1-16H,26-27H2. The van der Waals surface area contributed by atoms with Gasteiger partial charge in [0.15, 0.2) is 17.3 Å². The molecule has 0 aliphatic rings. The number of benzene rings is 4. The molecule has 30 heavy (non-hydrogen) atoms. The van der Waals surface area contributed by atoms with Crippen LogP contribution >= 0.6 is 0 Å². The maximum absolute atomic E-state index is 13.2. The SMILES string of the molecule is Nc1cccc(Oc2cccc(C(=O)c3ccccc3)c2Oc2cccc(N)c2)c1. The number of rotatable bonds is 6. The van der Waals surface area contributed by atoms with Crippen molar-refractivity contribution in [3.05, 3.63) is 108 Å². The zero-order valence-electron chi connectivity index (χ0n) is 16.1. The highest BCUT2D eigenvalue weighted by molar-refractivity contribution is 6.11. The summed E-state index contributed by atoms with van der Waals surface area (Å²) in [5.74, 6) is 1.56. The molecule has 0 radical (unpaired) electrons. The van der Waals surface area contributed by atoms with Gasteiger partial charge in [-0.15, -0.1) is 0 Å². The molecule has 5 heteroatoms. The van der Waals surface area contributed by atoms with Gasteiger partial charge in [0.05, 0.1) is 5.56 Å². The van der Waals surface area contributed by atoms with E-state index in [0.29, 0.717) is 45.5 Å². The van der Waals surface area contributed by atoms with Crippen LogP contribution in [0.4, 0.5) is 11.4 Å². The molecule has 0 heterocycles. The minimum atomic E-state index is -0.174. The molecule has 4 aromatic carbocycles. The van der Waals surface area contributed by atoms with Crippen molar-refractivity contribution in [3.8, 4) is 23.0 Å². The first kappa shape index (κ1) is 19.1. The zero-order valence-corrected chi connectivity index (χ0v) is 16.1. The van der Waals surface area contributed by atoms with Crippen molar-refractivity contribution in [3.63, 3.8) is 0 Å². The maximum atomic E-state index is 13.2. The normalized spacial score (nSPS) is 10.4. The van der Waals surface area contributed by atoms with Crippen molar-refractivity contribution < 1.29 is 14.3 Å². The molecule has 4 aromatic rings. The lowest BCUT2D eigenvalue weighted by Gasteiger charge is -2.16. The number of hydrogen-bond donors (Lipinski definition) is 2. The molecule has 4 N–H and O–H groups in total. The molecular weight excluding hydrogens is 376 g/mol. The molecular formula is C25H20N2O3. The summed E-state index contributed by atoms with van der Waals surface area (Å²) in [6.45, 7) is 0. The molecule has 5 nitrogen and oxygen atoms in total. The Bertz CT molecular complexity index is 1190. The second kappa shape index (κ2) is 8.41. The monoisotopic (exact) mass is 396 g/mol. The van der Waals surface area contributed by atoms with E-state index in [0.717, 1.165) is 0 Å². The highest BCUT2D eigenvalue weighted by Gasteiger charge is 2.20. The van der Waals surface area contributed by atoms with E-state index in [1.165, 1.54) is 0 Å². The predicted molar refractivity (Wildman–Crippen MR) is 118 cm³/mol. The highest BCUT2D eigenvalue weighted by atomic mass is 16.5. The first-order chi connectivity index (χ1) is 14.6. The van der Waals surface area contributed by atoms with E-state index >= 15 is 0 Å². The second-order valence-corrected chi connectivity index (χ2v) is 6.68. The Balaban J connectivity index is 1.80. The summed E-state index contributed by atoms with van der Waals surface area (Å²) in [7, 11) is 0. The molecule has 0 aromatic heterocycles. The number of carbonyl (C=O) groups is 1. The summed E-state index contributed by atoms with van der Waals surface area (Å²) >= 11 is 0.